The summed E-state index contributed by atoms with van der Waals surface area (Å²) in [5.41, 5.74) is 1.17. The molecule has 2 amide bonds. The summed E-state index contributed by atoms with van der Waals surface area (Å²) in [5.74, 6) is -0.914. The molecule has 0 spiro atoms. The topological polar surface area (TPSA) is 130 Å². The van der Waals surface area contributed by atoms with Crippen LogP contribution in [-0.2, 0) is 26.0 Å². The van der Waals surface area contributed by atoms with Crippen molar-refractivity contribution in [1.29, 1.82) is 0 Å². The quantitative estimate of drug-likeness (QED) is 0.246. The zero-order valence-electron chi connectivity index (χ0n) is 21.1. The van der Waals surface area contributed by atoms with Gasteiger partial charge in [0, 0.05) is 25.2 Å². The Balaban J connectivity index is 2.37. The second kappa shape index (κ2) is 13.0. The molecule has 0 aromatic heterocycles. The lowest BCUT2D eigenvalue weighted by molar-refractivity contribution is -0.384. The molecule has 0 heterocycles. The summed E-state index contributed by atoms with van der Waals surface area (Å²) < 4.78 is 26.2. The maximum atomic E-state index is 13.5. The number of unbranched alkanes of at least 4 members (excludes halogenated alkanes) is 1. The van der Waals surface area contributed by atoms with Crippen LogP contribution in [0.25, 0.3) is 0 Å². The van der Waals surface area contributed by atoms with Crippen LogP contribution in [0.1, 0.15) is 37.8 Å². The van der Waals surface area contributed by atoms with E-state index in [0.29, 0.717) is 18.5 Å². The Labute approximate surface area is 212 Å². The summed E-state index contributed by atoms with van der Waals surface area (Å²) in [4.78, 5) is 38.3. The highest BCUT2D eigenvalue weighted by molar-refractivity contribution is 7.92. The molecule has 0 saturated carbocycles. The van der Waals surface area contributed by atoms with Gasteiger partial charge in [-0.15, -0.1) is 0 Å². The molecule has 0 bridgehead atoms. The van der Waals surface area contributed by atoms with Crippen LogP contribution in [0.5, 0.6) is 0 Å². The predicted molar refractivity (Wildman–Crippen MR) is 139 cm³/mol. The van der Waals surface area contributed by atoms with Crippen LogP contribution < -0.4 is 9.62 Å². The zero-order valence-corrected chi connectivity index (χ0v) is 22.0. The van der Waals surface area contributed by atoms with Crippen LogP contribution in [0.3, 0.4) is 0 Å². The van der Waals surface area contributed by atoms with Crippen molar-refractivity contribution >= 4 is 33.2 Å². The molecule has 1 N–H and O–H groups in total. The third-order valence-electron chi connectivity index (χ3n) is 5.83. The van der Waals surface area contributed by atoms with Crippen molar-refractivity contribution in [2.45, 2.75) is 46.1 Å². The smallest absolute Gasteiger partial charge is 0.271 e. The van der Waals surface area contributed by atoms with Crippen LogP contribution in [0.15, 0.2) is 48.5 Å². The fourth-order valence-electron chi connectivity index (χ4n) is 3.68. The number of nitrogens with zero attached hydrogens (tertiary/aromatic N) is 3. The number of carbonyl (C=O) groups excluding carboxylic acids is 2. The number of rotatable bonds is 13. The molecule has 1 unspecified atom stereocenters. The molecule has 2 aromatic carbocycles. The lowest BCUT2D eigenvalue weighted by Gasteiger charge is -2.31. The number of nitro benzene ring substituents is 1. The van der Waals surface area contributed by atoms with Crippen molar-refractivity contribution in [2.24, 2.45) is 0 Å². The zero-order chi connectivity index (χ0) is 26.9. The van der Waals surface area contributed by atoms with Gasteiger partial charge in [-0.2, -0.15) is 0 Å². The Kier molecular flexibility index (Phi) is 10.4. The molecule has 0 aliphatic heterocycles. The highest BCUT2D eigenvalue weighted by Crippen LogP contribution is 2.27. The lowest BCUT2D eigenvalue weighted by atomic mass is 10.1. The second-order valence-corrected chi connectivity index (χ2v) is 10.5. The van der Waals surface area contributed by atoms with Crippen LogP contribution in [-0.4, -0.2) is 62.0 Å². The van der Waals surface area contributed by atoms with Crippen LogP contribution in [0.2, 0.25) is 0 Å². The van der Waals surface area contributed by atoms with Gasteiger partial charge in [-0.25, -0.2) is 8.42 Å². The van der Waals surface area contributed by atoms with E-state index in [1.807, 2.05) is 37.3 Å². The molecule has 0 aliphatic carbocycles. The van der Waals surface area contributed by atoms with Gasteiger partial charge in [-0.3, -0.25) is 24.0 Å². The first kappa shape index (κ1) is 28.8. The van der Waals surface area contributed by atoms with Gasteiger partial charge in [0.2, 0.25) is 21.8 Å². The monoisotopic (exact) mass is 518 g/mol. The first-order valence-corrected chi connectivity index (χ1v) is 13.6. The number of non-ortho nitro benzene ring substituents is 1. The van der Waals surface area contributed by atoms with Crippen LogP contribution in [0.4, 0.5) is 11.4 Å². The van der Waals surface area contributed by atoms with E-state index in [1.165, 1.54) is 17.0 Å². The molecule has 0 fully saturated rings. The van der Waals surface area contributed by atoms with Gasteiger partial charge < -0.3 is 10.2 Å². The van der Waals surface area contributed by atoms with Crippen molar-refractivity contribution in [3.8, 4) is 0 Å². The molecule has 11 heteroatoms. The second-order valence-electron chi connectivity index (χ2n) is 8.64. The standard InChI is InChI=1S/C25H34N4O6S/c1-5-6-15-26-25(31)20(3)27(16-14-21-10-8-7-9-11-21)24(30)18-28(36(4,34)35)23-17-22(29(32)33)13-12-19(23)2/h7-13,17,20H,5-6,14-16,18H2,1-4H3,(H,26,31). The summed E-state index contributed by atoms with van der Waals surface area (Å²) in [6.07, 6.45) is 3.10. The Morgan fingerprint density at radius 3 is 2.39 bits per heavy atom. The minimum atomic E-state index is -3.98. The summed E-state index contributed by atoms with van der Waals surface area (Å²) >= 11 is 0. The Morgan fingerprint density at radius 2 is 1.81 bits per heavy atom. The summed E-state index contributed by atoms with van der Waals surface area (Å²) in [6, 6.07) is 12.4. The van der Waals surface area contributed by atoms with Gasteiger partial charge in [-0.05, 0) is 37.8 Å². The molecular formula is C25H34N4O6S. The largest absolute Gasteiger partial charge is 0.354 e. The van der Waals surface area contributed by atoms with E-state index in [-0.39, 0.29) is 23.8 Å². The number of carbonyl (C=O) groups is 2. The van der Waals surface area contributed by atoms with E-state index in [1.54, 1.807) is 13.8 Å². The van der Waals surface area contributed by atoms with Crippen LogP contribution in [0, 0.1) is 17.0 Å². The normalized spacial score (nSPS) is 12.0. The van der Waals surface area contributed by atoms with Crippen LogP contribution >= 0.6 is 0 Å². The van der Waals surface area contributed by atoms with Gasteiger partial charge in [0.05, 0.1) is 16.9 Å². The van der Waals surface area contributed by atoms with Crippen molar-refractivity contribution in [1.82, 2.24) is 10.2 Å². The minimum Gasteiger partial charge on any atom is -0.354 e. The fourth-order valence-corrected chi connectivity index (χ4v) is 4.58. The number of hydrogen-bond donors (Lipinski definition) is 1. The number of amides is 2. The van der Waals surface area contributed by atoms with Crippen molar-refractivity contribution < 1.29 is 22.9 Å². The fraction of sp³-hybridized carbons (Fsp3) is 0.440. The Morgan fingerprint density at radius 1 is 1.14 bits per heavy atom. The maximum absolute atomic E-state index is 13.5. The number of nitro groups is 1. The van der Waals surface area contributed by atoms with E-state index < -0.39 is 33.4 Å². The molecule has 196 valence electrons. The van der Waals surface area contributed by atoms with Gasteiger partial charge in [0.15, 0.2) is 0 Å². The average molecular weight is 519 g/mol. The number of nitrogens with one attached hydrogen (secondary N) is 1. The first-order valence-electron chi connectivity index (χ1n) is 11.8. The molecule has 0 aliphatic rings. The average Bonchev–Trinajstić information content (AvgIpc) is 2.83. The Bertz CT molecular complexity index is 1170. The number of benzene rings is 2. The van der Waals surface area contributed by atoms with Crippen molar-refractivity contribution in [3.63, 3.8) is 0 Å². The number of aryl methyl sites for hydroxylation is 1. The molecule has 36 heavy (non-hydrogen) atoms. The molecule has 0 radical (unpaired) electrons. The number of hydrogen-bond acceptors (Lipinski definition) is 6. The summed E-state index contributed by atoms with van der Waals surface area (Å²) in [6.45, 7) is 5.29. The van der Waals surface area contributed by atoms with Gasteiger partial charge in [0.25, 0.3) is 5.69 Å². The van der Waals surface area contributed by atoms with Gasteiger partial charge in [-0.1, -0.05) is 49.7 Å². The molecule has 2 rings (SSSR count). The number of sulfonamides is 1. The van der Waals surface area contributed by atoms with E-state index in [2.05, 4.69) is 5.32 Å². The third kappa shape index (κ3) is 8.04. The first-order chi connectivity index (χ1) is 17.0. The molecule has 1 atom stereocenters. The predicted octanol–water partition coefficient (Wildman–Crippen LogP) is 3.05. The molecule has 0 saturated heterocycles. The molecular weight excluding hydrogens is 484 g/mol. The molecule has 2 aromatic rings. The van der Waals surface area contributed by atoms with Gasteiger partial charge >= 0.3 is 0 Å². The van der Waals surface area contributed by atoms with Crippen molar-refractivity contribution in [3.05, 3.63) is 69.8 Å². The van der Waals surface area contributed by atoms with E-state index in [4.69, 9.17) is 0 Å². The highest BCUT2D eigenvalue weighted by Gasteiger charge is 2.30. The Hall–Kier alpha value is -3.47. The maximum Gasteiger partial charge on any atom is 0.271 e. The third-order valence-corrected chi connectivity index (χ3v) is 6.96. The SMILES string of the molecule is CCCCNC(=O)C(C)N(CCc1ccccc1)C(=O)CN(c1cc([N+](=O)[O-])ccc1C)S(C)(=O)=O. The number of anilines is 1. The van der Waals surface area contributed by atoms with Gasteiger partial charge in [0.1, 0.15) is 12.6 Å². The minimum absolute atomic E-state index is 0.0445. The van der Waals surface area contributed by atoms with E-state index in [0.717, 1.165) is 35.0 Å². The van der Waals surface area contributed by atoms with E-state index >= 15 is 0 Å². The van der Waals surface area contributed by atoms with Crippen molar-refractivity contribution in [2.75, 3.05) is 30.2 Å². The lowest BCUT2D eigenvalue weighted by Crippen LogP contribution is -2.52. The molecule has 10 nitrogen and oxygen atoms in total. The van der Waals surface area contributed by atoms with E-state index in [9.17, 15) is 28.1 Å². The summed E-state index contributed by atoms with van der Waals surface area (Å²) in [7, 11) is -3.98. The summed E-state index contributed by atoms with van der Waals surface area (Å²) in [5, 5.41) is 14.1. The highest BCUT2D eigenvalue weighted by atomic mass is 32.2.